The summed E-state index contributed by atoms with van der Waals surface area (Å²) >= 11 is 1.84. The van der Waals surface area contributed by atoms with Gasteiger partial charge in [0, 0.05) is 11.3 Å². The van der Waals surface area contributed by atoms with Crippen molar-refractivity contribution in [3.8, 4) is 0 Å². The Morgan fingerprint density at radius 2 is 1.86 bits per heavy atom. The number of halogens is 2. The highest BCUT2D eigenvalue weighted by atomic mass is 32.2. The second-order valence-corrected chi connectivity index (χ2v) is 6.90. The lowest BCUT2D eigenvalue weighted by Gasteiger charge is -2.12. The van der Waals surface area contributed by atoms with Crippen LogP contribution in [0.5, 0.6) is 0 Å². The molecule has 1 saturated heterocycles. The van der Waals surface area contributed by atoms with Gasteiger partial charge in [-0.05, 0) is 55.2 Å². The lowest BCUT2D eigenvalue weighted by atomic mass is 10.1. The Bertz CT molecular complexity index is 546. The molecule has 0 radical (unpaired) electrons. The van der Waals surface area contributed by atoms with Crippen molar-refractivity contribution in [2.45, 2.75) is 25.9 Å². The maximum atomic E-state index is 14.2. The van der Waals surface area contributed by atoms with Gasteiger partial charge < -0.3 is 4.74 Å². The molecule has 2 aliphatic rings. The number of hydrogen-bond donors (Lipinski definition) is 1. The highest BCUT2D eigenvalue weighted by Crippen LogP contribution is 2.61. The summed E-state index contributed by atoms with van der Waals surface area (Å²) in [5, 5.41) is 2.35. The molecule has 1 aliphatic carbocycles. The Balaban J connectivity index is 1.75. The van der Waals surface area contributed by atoms with Crippen LogP contribution < -0.4 is 5.32 Å². The van der Waals surface area contributed by atoms with E-state index in [2.05, 4.69) is 5.32 Å². The molecule has 1 aliphatic heterocycles. The van der Waals surface area contributed by atoms with E-state index in [9.17, 15) is 13.6 Å². The molecule has 6 heteroatoms. The predicted molar refractivity (Wildman–Crippen MR) is 78.6 cm³/mol. The second kappa shape index (κ2) is 5.48. The van der Waals surface area contributed by atoms with E-state index in [0.29, 0.717) is 11.8 Å². The van der Waals surface area contributed by atoms with Gasteiger partial charge in [0.2, 0.25) is 0 Å². The largest absolute Gasteiger partial charge is 0.447 e. The third-order valence-corrected chi connectivity index (χ3v) is 5.19. The third kappa shape index (κ3) is 2.86. The minimum Gasteiger partial charge on any atom is -0.447 e. The first-order valence-corrected chi connectivity index (χ1v) is 8.17. The van der Waals surface area contributed by atoms with Crippen molar-refractivity contribution < 1.29 is 18.3 Å². The first-order valence-electron chi connectivity index (χ1n) is 7.01. The zero-order valence-corrected chi connectivity index (χ0v) is 12.7. The van der Waals surface area contributed by atoms with Crippen LogP contribution in [-0.2, 0) is 4.74 Å². The molecular weight excluding hydrogens is 296 g/mol. The van der Waals surface area contributed by atoms with Crippen LogP contribution in [-0.4, -0.2) is 23.7 Å². The van der Waals surface area contributed by atoms with E-state index in [1.807, 2.05) is 11.8 Å². The van der Waals surface area contributed by atoms with E-state index in [4.69, 9.17) is 4.74 Å². The van der Waals surface area contributed by atoms with E-state index in [1.54, 1.807) is 13.8 Å². The van der Waals surface area contributed by atoms with Gasteiger partial charge in [-0.3, -0.25) is 5.32 Å². The molecule has 0 bridgehead atoms. The molecule has 3 rings (SSSR count). The summed E-state index contributed by atoms with van der Waals surface area (Å²) < 4.78 is 33.3. The molecular formula is C15H17F2NO2S. The molecule has 21 heavy (non-hydrogen) atoms. The average molecular weight is 313 g/mol. The number of nitrogens with one attached hydrogen (secondary N) is 1. The summed E-state index contributed by atoms with van der Waals surface area (Å²) in [7, 11) is 0. The first-order chi connectivity index (χ1) is 9.97. The lowest BCUT2D eigenvalue weighted by Crippen LogP contribution is -2.18. The highest BCUT2D eigenvalue weighted by Gasteiger charge is 2.55. The molecule has 2 unspecified atom stereocenters. The number of benzene rings is 1. The van der Waals surface area contributed by atoms with Gasteiger partial charge >= 0.3 is 6.09 Å². The molecule has 0 aromatic heterocycles. The maximum absolute atomic E-state index is 14.2. The molecule has 114 valence electrons. The molecule has 1 aromatic carbocycles. The van der Waals surface area contributed by atoms with Gasteiger partial charge in [0.15, 0.2) is 0 Å². The summed E-state index contributed by atoms with van der Waals surface area (Å²) in [4.78, 5) is 11.5. The molecule has 1 aromatic rings. The Hall–Kier alpha value is -1.30. The average Bonchev–Trinajstić information content (AvgIpc) is 2.80. The van der Waals surface area contributed by atoms with E-state index in [1.165, 1.54) is 12.1 Å². The number of thioether (sulfide) groups is 1. The van der Waals surface area contributed by atoms with Gasteiger partial charge in [-0.25, -0.2) is 13.6 Å². The molecule has 1 N–H and O–H groups in total. The van der Waals surface area contributed by atoms with E-state index in [0.717, 1.165) is 11.5 Å². The third-order valence-electron chi connectivity index (χ3n) is 3.95. The molecule has 1 saturated carbocycles. The van der Waals surface area contributed by atoms with Gasteiger partial charge in [0.1, 0.15) is 11.6 Å². The summed E-state index contributed by atoms with van der Waals surface area (Å²) in [5.74, 6) is 1.61. The zero-order valence-electron chi connectivity index (χ0n) is 11.9. The Morgan fingerprint density at radius 1 is 1.29 bits per heavy atom. The van der Waals surface area contributed by atoms with Gasteiger partial charge in [-0.15, -0.1) is 0 Å². The fourth-order valence-electron chi connectivity index (χ4n) is 3.00. The monoisotopic (exact) mass is 313 g/mol. The van der Waals surface area contributed by atoms with Crippen LogP contribution in [0.1, 0.15) is 25.3 Å². The Kier molecular flexibility index (Phi) is 3.82. The fraction of sp³-hybridized carbons (Fsp3) is 0.533. The first kappa shape index (κ1) is 14.6. The van der Waals surface area contributed by atoms with Gasteiger partial charge in [-0.1, -0.05) is 0 Å². The number of anilines is 1. The van der Waals surface area contributed by atoms with E-state index in [-0.39, 0.29) is 23.3 Å². The van der Waals surface area contributed by atoms with Crippen molar-refractivity contribution in [2.75, 3.05) is 16.8 Å². The van der Waals surface area contributed by atoms with Crippen LogP contribution in [0.2, 0.25) is 0 Å². The number of hydrogen-bond acceptors (Lipinski definition) is 3. The SMILES string of the molecule is CC(C)OC(=O)Nc1cc(F)c(C2C3CSCC32)c(F)c1. The minimum absolute atomic E-state index is 0.00270. The summed E-state index contributed by atoms with van der Waals surface area (Å²) in [5.41, 5.74) is 0.257. The van der Waals surface area contributed by atoms with Gasteiger partial charge in [0.05, 0.1) is 6.10 Å². The van der Waals surface area contributed by atoms with Crippen molar-refractivity contribution in [1.82, 2.24) is 0 Å². The van der Waals surface area contributed by atoms with Crippen molar-refractivity contribution in [3.63, 3.8) is 0 Å². The number of carbonyl (C=O) groups excluding carboxylic acids is 1. The Morgan fingerprint density at radius 3 is 2.38 bits per heavy atom. The van der Waals surface area contributed by atoms with Crippen LogP contribution in [0.4, 0.5) is 19.3 Å². The van der Waals surface area contributed by atoms with Crippen molar-refractivity contribution in [1.29, 1.82) is 0 Å². The molecule has 3 nitrogen and oxygen atoms in total. The van der Waals surface area contributed by atoms with Gasteiger partial charge in [-0.2, -0.15) is 11.8 Å². The minimum atomic E-state index is -0.712. The summed E-state index contributed by atoms with van der Waals surface area (Å²) in [6.45, 7) is 3.40. The molecule has 2 atom stereocenters. The molecule has 1 amide bonds. The summed E-state index contributed by atoms with van der Waals surface area (Å²) in [6, 6.07) is 2.34. The van der Waals surface area contributed by atoms with Crippen LogP contribution in [0, 0.1) is 23.5 Å². The highest BCUT2D eigenvalue weighted by molar-refractivity contribution is 7.99. The van der Waals surface area contributed by atoms with Crippen molar-refractivity contribution in [3.05, 3.63) is 29.3 Å². The van der Waals surface area contributed by atoms with Crippen LogP contribution in [0.3, 0.4) is 0 Å². The second-order valence-electron chi connectivity index (χ2n) is 5.82. The normalized spacial score (nSPS) is 26.6. The lowest BCUT2D eigenvalue weighted by molar-refractivity contribution is 0.130. The van der Waals surface area contributed by atoms with E-state index < -0.39 is 17.7 Å². The van der Waals surface area contributed by atoms with Crippen molar-refractivity contribution in [2.24, 2.45) is 11.8 Å². The number of ether oxygens (including phenoxy) is 1. The molecule has 0 spiro atoms. The number of fused-ring (bicyclic) bond motifs is 1. The number of rotatable bonds is 3. The van der Waals surface area contributed by atoms with Crippen LogP contribution in [0.25, 0.3) is 0 Å². The zero-order chi connectivity index (χ0) is 15.1. The number of carbonyl (C=O) groups is 1. The van der Waals surface area contributed by atoms with Gasteiger partial charge in [0.25, 0.3) is 0 Å². The maximum Gasteiger partial charge on any atom is 0.411 e. The fourth-order valence-corrected chi connectivity index (χ4v) is 4.59. The Labute approximate surface area is 126 Å². The number of amides is 1. The predicted octanol–water partition coefficient (Wildman–Crippen LogP) is 4.00. The smallest absolute Gasteiger partial charge is 0.411 e. The summed E-state index contributed by atoms with van der Waals surface area (Å²) in [6.07, 6.45) is -1.00. The van der Waals surface area contributed by atoms with E-state index >= 15 is 0 Å². The molecule has 1 heterocycles. The quantitative estimate of drug-likeness (QED) is 0.916. The van der Waals surface area contributed by atoms with Crippen LogP contribution in [0.15, 0.2) is 12.1 Å². The molecule has 2 fully saturated rings. The van der Waals surface area contributed by atoms with Crippen molar-refractivity contribution >= 4 is 23.5 Å². The van der Waals surface area contributed by atoms with Crippen LogP contribution >= 0.6 is 11.8 Å². The standard InChI is InChI=1S/C15H17F2NO2S/c1-7(2)20-15(19)18-8-3-11(16)14(12(17)4-8)13-9-5-21-6-10(9)13/h3-4,7,9-10,13H,5-6H2,1-2H3,(H,18,19). The topological polar surface area (TPSA) is 38.3 Å².